The minimum Gasteiger partial charge on any atom is -0.444 e. The van der Waals surface area contributed by atoms with E-state index in [1.54, 1.807) is 12.1 Å². The van der Waals surface area contributed by atoms with Crippen LogP contribution < -0.4 is 11.1 Å². The Morgan fingerprint density at radius 2 is 2.00 bits per heavy atom. The Morgan fingerprint density at radius 3 is 2.72 bits per heavy atom. The number of nitrogens with zero attached hydrogens (tertiary/aromatic N) is 1. The Kier molecular flexibility index (Phi) is 7.29. The van der Waals surface area contributed by atoms with Gasteiger partial charge in [0.15, 0.2) is 0 Å². The minimum atomic E-state index is -0.0312. The fourth-order valence-corrected chi connectivity index (χ4v) is 3.34. The van der Waals surface area contributed by atoms with E-state index in [9.17, 15) is 4.79 Å². The van der Waals surface area contributed by atoms with Crippen LogP contribution in [0.2, 0.25) is 5.02 Å². The number of hydrogen-bond donors (Lipinski definition) is 2. The van der Waals surface area contributed by atoms with Crippen molar-refractivity contribution in [1.29, 1.82) is 0 Å². The molecule has 1 aromatic carbocycles. The molecule has 3 rings (SSSR count). The summed E-state index contributed by atoms with van der Waals surface area (Å²) in [6.07, 6.45) is 6.18. The molecule has 5 nitrogen and oxygen atoms in total. The summed E-state index contributed by atoms with van der Waals surface area (Å²) in [6.45, 7) is 0.621. The number of carbonyl (C=O) groups excluding carboxylic acids is 1. The van der Waals surface area contributed by atoms with E-state index in [0.29, 0.717) is 29.1 Å². The smallest absolute Gasteiger partial charge is 0.226 e. The summed E-state index contributed by atoms with van der Waals surface area (Å²) >= 11 is 5.88. The number of benzene rings is 1. The largest absolute Gasteiger partial charge is 0.444 e. The molecule has 7 heteroatoms. The van der Waals surface area contributed by atoms with Gasteiger partial charge in [0.05, 0.1) is 12.1 Å². The average Bonchev–Trinajstić information content (AvgIpc) is 3.04. The summed E-state index contributed by atoms with van der Waals surface area (Å²) in [6, 6.07) is 7.42. The summed E-state index contributed by atoms with van der Waals surface area (Å²) in [5.41, 5.74) is 7.27. The van der Waals surface area contributed by atoms with E-state index >= 15 is 0 Å². The van der Waals surface area contributed by atoms with E-state index < -0.39 is 0 Å². The molecule has 2 unspecified atom stereocenters. The highest BCUT2D eigenvalue weighted by molar-refractivity contribution is 6.30. The predicted molar refractivity (Wildman–Crippen MR) is 101 cm³/mol. The Bertz CT molecular complexity index is 688. The summed E-state index contributed by atoms with van der Waals surface area (Å²) in [4.78, 5) is 16.7. The lowest BCUT2D eigenvalue weighted by Crippen LogP contribution is -2.45. The molecule has 136 valence electrons. The molecule has 1 aliphatic rings. The first-order valence-electron chi connectivity index (χ1n) is 8.35. The van der Waals surface area contributed by atoms with E-state index in [1.807, 2.05) is 12.1 Å². The monoisotopic (exact) mass is 383 g/mol. The third kappa shape index (κ3) is 5.21. The van der Waals surface area contributed by atoms with E-state index in [4.69, 9.17) is 21.8 Å². The first-order valence-corrected chi connectivity index (χ1v) is 8.73. The molecule has 1 amide bonds. The summed E-state index contributed by atoms with van der Waals surface area (Å²) in [5, 5.41) is 3.77. The second-order valence-electron chi connectivity index (χ2n) is 6.28. The van der Waals surface area contributed by atoms with Crippen molar-refractivity contribution in [1.82, 2.24) is 10.3 Å². The van der Waals surface area contributed by atoms with Gasteiger partial charge in [-0.25, -0.2) is 4.98 Å². The molecule has 1 aromatic heterocycles. The number of hydrogen-bond acceptors (Lipinski definition) is 4. The first-order chi connectivity index (χ1) is 11.7. The van der Waals surface area contributed by atoms with Crippen LogP contribution in [0, 0.1) is 5.92 Å². The van der Waals surface area contributed by atoms with Crippen molar-refractivity contribution >= 4 is 29.9 Å². The maximum Gasteiger partial charge on any atom is 0.226 e. The molecule has 0 bridgehead atoms. The van der Waals surface area contributed by atoms with E-state index in [0.717, 1.165) is 24.8 Å². The van der Waals surface area contributed by atoms with Crippen molar-refractivity contribution in [2.24, 2.45) is 11.7 Å². The molecule has 25 heavy (non-hydrogen) atoms. The molecule has 1 saturated carbocycles. The molecule has 1 fully saturated rings. The van der Waals surface area contributed by atoms with Crippen LogP contribution in [0.5, 0.6) is 0 Å². The molecule has 3 N–H and O–H groups in total. The molecule has 0 spiro atoms. The quantitative estimate of drug-likeness (QED) is 0.826. The number of amides is 1. The van der Waals surface area contributed by atoms with Gasteiger partial charge in [-0.05, 0) is 49.6 Å². The van der Waals surface area contributed by atoms with Crippen LogP contribution in [0.25, 0.3) is 11.5 Å². The van der Waals surface area contributed by atoms with Gasteiger partial charge >= 0.3 is 0 Å². The van der Waals surface area contributed by atoms with Crippen LogP contribution >= 0.6 is 24.0 Å². The van der Waals surface area contributed by atoms with Crippen molar-refractivity contribution in [3.8, 4) is 11.5 Å². The fourth-order valence-electron chi connectivity index (χ4n) is 3.22. The van der Waals surface area contributed by atoms with Crippen LogP contribution in [-0.2, 0) is 11.2 Å². The third-order valence-corrected chi connectivity index (χ3v) is 4.79. The Morgan fingerprint density at radius 1 is 1.28 bits per heavy atom. The Hall–Kier alpha value is -1.56. The van der Waals surface area contributed by atoms with Gasteiger partial charge in [0.25, 0.3) is 0 Å². The van der Waals surface area contributed by atoms with Gasteiger partial charge in [-0.15, -0.1) is 12.4 Å². The standard InChI is InChI=1S/C18H22ClN3O2.ClH/c19-14-7-5-12(6-8-14)18-21-15(11-24-18)9-17(23)22-16-4-2-1-3-13(16)10-20;/h5-8,11,13,16H,1-4,9-10,20H2,(H,22,23);1H. The third-order valence-electron chi connectivity index (χ3n) is 4.54. The number of oxazole rings is 1. The van der Waals surface area contributed by atoms with Crippen LogP contribution in [0.1, 0.15) is 31.4 Å². The van der Waals surface area contributed by atoms with Gasteiger partial charge in [0.1, 0.15) is 6.26 Å². The number of halogens is 2. The topological polar surface area (TPSA) is 81.1 Å². The van der Waals surface area contributed by atoms with E-state index in [-0.39, 0.29) is 30.8 Å². The van der Waals surface area contributed by atoms with E-state index in [2.05, 4.69) is 10.3 Å². The molecular weight excluding hydrogens is 361 g/mol. The number of rotatable bonds is 5. The highest BCUT2D eigenvalue weighted by Gasteiger charge is 2.25. The summed E-state index contributed by atoms with van der Waals surface area (Å²) in [7, 11) is 0. The number of nitrogens with one attached hydrogen (secondary N) is 1. The second kappa shape index (κ2) is 9.22. The Balaban J connectivity index is 0.00000225. The molecule has 0 radical (unpaired) electrons. The highest BCUT2D eigenvalue weighted by Crippen LogP contribution is 2.24. The maximum absolute atomic E-state index is 12.3. The zero-order valence-electron chi connectivity index (χ0n) is 13.9. The van der Waals surface area contributed by atoms with Crippen LogP contribution in [0.15, 0.2) is 34.9 Å². The van der Waals surface area contributed by atoms with Crippen LogP contribution in [0.3, 0.4) is 0 Å². The molecule has 2 aromatic rings. The zero-order valence-corrected chi connectivity index (χ0v) is 15.5. The van der Waals surface area contributed by atoms with Crippen LogP contribution in [0.4, 0.5) is 0 Å². The van der Waals surface area contributed by atoms with Gasteiger partial charge in [-0.1, -0.05) is 24.4 Å². The average molecular weight is 384 g/mol. The normalized spacial score (nSPS) is 19.9. The molecule has 2 atom stereocenters. The van der Waals surface area contributed by atoms with Crippen molar-refractivity contribution < 1.29 is 9.21 Å². The molecular formula is C18H23Cl2N3O2. The maximum atomic E-state index is 12.3. The fraction of sp³-hybridized carbons (Fsp3) is 0.444. The highest BCUT2D eigenvalue weighted by atomic mass is 35.5. The lowest BCUT2D eigenvalue weighted by atomic mass is 9.84. The molecule has 0 aliphatic heterocycles. The molecule has 1 aliphatic carbocycles. The zero-order chi connectivity index (χ0) is 16.9. The minimum absolute atomic E-state index is 0. The van der Waals surface area contributed by atoms with Gasteiger partial charge in [0.2, 0.25) is 11.8 Å². The lowest BCUT2D eigenvalue weighted by Gasteiger charge is -2.31. The number of aromatic nitrogens is 1. The lowest BCUT2D eigenvalue weighted by molar-refractivity contribution is -0.121. The van der Waals surface area contributed by atoms with Crippen LogP contribution in [-0.4, -0.2) is 23.5 Å². The number of carbonyl (C=O) groups is 1. The van der Waals surface area contributed by atoms with Gasteiger partial charge in [-0.3, -0.25) is 4.79 Å². The first kappa shape index (κ1) is 19.8. The summed E-state index contributed by atoms with van der Waals surface area (Å²) < 4.78 is 5.47. The predicted octanol–water partition coefficient (Wildman–Crippen LogP) is 3.59. The SMILES string of the molecule is Cl.NCC1CCCCC1NC(=O)Cc1coc(-c2ccc(Cl)cc2)n1. The van der Waals surface area contributed by atoms with Crippen molar-refractivity contribution in [3.05, 3.63) is 41.2 Å². The second-order valence-corrected chi connectivity index (χ2v) is 6.72. The molecule has 1 heterocycles. The van der Waals surface area contributed by atoms with E-state index in [1.165, 1.54) is 12.7 Å². The Labute approximate surface area is 158 Å². The number of nitrogens with two attached hydrogens (primary N) is 1. The van der Waals surface area contributed by atoms with Crippen molar-refractivity contribution in [3.63, 3.8) is 0 Å². The van der Waals surface area contributed by atoms with Gasteiger partial charge < -0.3 is 15.5 Å². The molecule has 0 saturated heterocycles. The van der Waals surface area contributed by atoms with Crippen molar-refractivity contribution in [2.75, 3.05) is 6.54 Å². The van der Waals surface area contributed by atoms with Gasteiger partial charge in [0, 0.05) is 16.6 Å². The van der Waals surface area contributed by atoms with Crippen molar-refractivity contribution in [2.45, 2.75) is 38.1 Å². The van der Waals surface area contributed by atoms with Gasteiger partial charge in [-0.2, -0.15) is 0 Å². The summed E-state index contributed by atoms with van der Waals surface area (Å²) in [5.74, 6) is 0.841.